The molecule has 0 unspecified atom stereocenters. The molecular formula is C16H20N4O2S. The van der Waals surface area contributed by atoms with Crippen molar-refractivity contribution in [2.45, 2.75) is 13.0 Å². The van der Waals surface area contributed by atoms with Crippen LogP contribution < -0.4 is 11.5 Å². The average Bonchev–Trinajstić information content (AvgIpc) is 2.84. The Morgan fingerprint density at radius 2 is 1.96 bits per heavy atom. The molecule has 0 spiro atoms. The third kappa shape index (κ3) is 3.51. The zero-order valence-electron chi connectivity index (χ0n) is 12.8. The van der Waals surface area contributed by atoms with Crippen molar-refractivity contribution >= 4 is 34.5 Å². The van der Waals surface area contributed by atoms with Crippen molar-refractivity contribution in [3.05, 3.63) is 35.0 Å². The van der Waals surface area contributed by atoms with Crippen molar-refractivity contribution in [2.24, 2.45) is 11.5 Å². The first-order valence-corrected chi connectivity index (χ1v) is 8.72. The van der Waals surface area contributed by atoms with E-state index in [1.807, 2.05) is 30.0 Å². The summed E-state index contributed by atoms with van der Waals surface area (Å²) in [7, 11) is 0. The molecule has 0 atom stereocenters. The fourth-order valence-corrected chi connectivity index (χ4v) is 3.98. The number of H-pyrrole nitrogens is 1. The van der Waals surface area contributed by atoms with Gasteiger partial charge in [-0.15, -0.1) is 0 Å². The number of rotatable bonds is 5. The van der Waals surface area contributed by atoms with Crippen LogP contribution in [0.2, 0.25) is 0 Å². The fourth-order valence-electron chi connectivity index (χ4n) is 3.00. The maximum Gasteiger partial charge on any atom is 0.251 e. The summed E-state index contributed by atoms with van der Waals surface area (Å²) in [6.45, 7) is 3.06. The highest BCUT2D eigenvalue weighted by Crippen LogP contribution is 2.25. The lowest BCUT2D eigenvalue weighted by Gasteiger charge is -2.26. The molecule has 122 valence electrons. The molecule has 7 heteroatoms. The molecule has 6 nitrogen and oxygen atoms in total. The molecule has 5 N–H and O–H groups in total. The minimum absolute atomic E-state index is 0.0222. The van der Waals surface area contributed by atoms with Gasteiger partial charge in [0.1, 0.15) is 0 Å². The number of carbonyl (C=O) groups excluding carboxylic acids is 2. The van der Waals surface area contributed by atoms with Crippen LogP contribution >= 0.6 is 11.8 Å². The lowest BCUT2D eigenvalue weighted by atomic mass is 10.1. The van der Waals surface area contributed by atoms with Gasteiger partial charge in [-0.05, 0) is 11.6 Å². The maximum absolute atomic E-state index is 11.7. The van der Waals surface area contributed by atoms with E-state index in [4.69, 9.17) is 11.5 Å². The molecular weight excluding hydrogens is 312 g/mol. The molecule has 0 saturated carbocycles. The number of hydrogen-bond donors (Lipinski definition) is 3. The first-order chi connectivity index (χ1) is 11.0. The molecule has 2 aromatic rings. The number of fused-ring (bicyclic) bond motifs is 1. The molecule has 1 aliphatic rings. The summed E-state index contributed by atoms with van der Waals surface area (Å²) in [6, 6.07) is 5.93. The predicted molar refractivity (Wildman–Crippen MR) is 92.3 cm³/mol. The highest BCUT2D eigenvalue weighted by Gasteiger charge is 2.18. The summed E-state index contributed by atoms with van der Waals surface area (Å²) in [5.41, 5.74) is 13.6. The Hall–Kier alpha value is -1.99. The number of thioether (sulfide) groups is 1. The van der Waals surface area contributed by atoms with Gasteiger partial charge in [-0.25, -0.2) is 0 Å². The number of carbonyl (C=O) groups is 2. The summed E-state index contributed by atoms with van der Waals surface area (Å²) >= 11 is 1.98. The Morgan fingerprint density at radius 1 is 1.22 bits per heavy atom. The minimum atomic E-state index is -0.548. The standard InChI is InChI=1S/C16H20N4O2S/c17-14(21)8-13-15(16(18)22)11-2-1-10(7-12(11)19-13)9-20-3-5-23-6-4-20/h1-2,7,19H,3-6,8-9H2,(H2,17,21)(H2,18,22). The third-order valence-electron chi connectivity index (χ3n) is 4.05. The molecule has 2 amide bonds. The quantitative estimate of drug-likeness (QED) is 0.754. The Bertz CT molecular complexity index is 750. The van der Waals surface area contributed by atoms with E-state index in [0.29, 0.717) is 11.3 Å². The molecule has 0 aliphatic carbocycles. The molecule has 0 radical (unpaired) electrons. The Kier molecular flexibility index (Phi) is 4.58. The van der Waals surface area contributed by atoms with Crippen LogP contribution in [0.4, 0.5) is 0 Å². The molecule has 1 fully saturated rings. The molecule has 1 aromatic carbocycles. The monoisotopic (exact) mass is 332 g/mol. The van der Waals surface area contributed by atoms with Gasteiger partial charge < -0.3 is 16.5 Å². The summed E-state index contributed by atoms with van der Waals surface area (Å²) in [4.78, 5) is 28.5. The van der Waals surface area contributed by atoms with Crippen LogP contribution in [-0.2, 0) is 17.8 Å². The largest absolute Gasteiger partial charge is 0.369 e. The van der Waals surface area contributed by atoms with E-state index >= 15 is 0 Å². The molecule has 0 bridgehead atoms. The summed E-state index contributed by atoms with van der Waals surface area (Å²) in [5, 5.41) is 0.742. The number of hydrogen-bond acceptors (Lipinski definition) is 4. The van der Waals surface area contributed by atoms with Gasteiger partial charge in [0.15, 0.2) is 0 Å². The Balaban J connectivity index is 1.92. The number of nitrogens with one attached hydrogen (secondary N) is 1. The molecule has 23 heavy (non-hydrogen) atoms. The van der Waals surface area contributed by atoms with Gasteiger partial charge in [0.05, 0.1) is 12.0 Å². The summed E-state index contributed by atoms with van der Waals surface area (Å²) in [6.07, 6.45) is -0.0222. The second kappa shape index (κ2) is 6.64. The smallest absolute Gasteiger partial charge is 0.251 e. The van der Waals surface area contributed by atoms with Gasteiger partial charge in [0.25, 0.3) is 5.91 Å². The molecule has 1 aromatic heterocycles. The van der Waals surface area contributed by atoms with Crippen LogP contribution in [0, 0.1) is 0 Å². The molecule has 1 aliphatic heterocycles. The van der Waals surface area contributed by atoms with Crippen molar-refractivity contribution in [3.63, 3.8) is 0 Å². The number of benzene rings is 1. The fraction of sp³-hybridized carbons (Fsp3) is 0.375. The average molecular weight is 332 g/mol. The molecule has 2 heterocycles. The van der Waals surface area contributed by atoms with Crippen LogP contribution in [-0.4, -0.2) is 46.3 Å². The van der Waals surface area contributed by atoms with Crippen molar-refractivity contribution in [3.8, 4) is 0 Å². The van der Waals surface area contributed by atoms with E-state index in [-0.39, 0.29) is 6.42 Å². The van der Waals surface area contributed by atoms with Crippen LogP contribution in [0.3, 0.4) is 0 Å². The number of primary amides is 2. The normalized spacial score (nSPS) is 15.8. The van der Waals surface area contributed by atoms with E-state index in [9.17, 15) is 9.59 Å². The van der Waals surface area contributed by atoms with Crippen molar-refractivity contribution in [1.29, 1.82) is 0 Å². The van der Waals surface area contributed by atoms with Gasteiger partial charge in [-0.2, -0.15) is 11.8 Å². The van der Waals surface area contributed by atoms with Crippen molar-refractivity contribution < 1.29 is 9.59 Å². The zero-order valence-corrected chi connectivity index (χ0v) is 13.6. The summed E-state index contributed by atoms with van der Waals surface area (Å²) in [5.74, 6) is 1.29. The van der Waals surface area contributed by atoms with E-state index in [2.05, 4.69) is 9.88 Å². The minimum Gasteiger partial charge on any atom is -0.369 e. The van der Waals surface area contributed by atoms with Gasteiger partial charge in [0.2, 0.25) is 5.91 Å². The van der Waals surface area contributed by atoms with E-state index in [1.165, 1.54) is 17.1 Å². The van der Waals surface area contributed by atoms with Crippen LogP contribution in [0.5, 0.6) is 0 Å². The second-order valence-corrected chi connectivity index (χ2v) is 6.98. The zero-order chi connectivity index (χ0) is 16.4. The summed E-state index contributed by atoms with van der Waals surface area (Å²) < 4.78 is 0. The van der Waals surface area contributed by atoms with E-state index in [0.717, 1.165) is 30.5 Å². The number of amides is 2. The lowest BCUT2D eigenvalue weighted by Crippen LogP contribution is -2.31. The SMILES string of the molecule is NC(=O)Cc1[nH]c2cc(CN3CCSCC3)ccc2c1C(N)=O. The number of nitrogens with two attached hydrogens (primary N) is 2. The third-order valence-corrected chi connectivity index (χ3v) is 4.99. The predicted octanol–water partition coefficient (Wildman–Crippen LogP) is 0.843. The number of nitrogens with zero attached hydrogens (tertiary/aromatic N) is 1. The second-order valence-electron chi connectivity index (χ2n) is 5.75. The maximum atomic E-state index is 11.7. The first-order valence-electron chi connectivity index (χ1n) is 7.56. The molecule has 3 rings (SSSR count). The van der Waals surface area contributed by atoms with Gasteiger partial charge in [-0.3, -0.25) is 14.5 Å². The number of aromatic amines is 1. The van der Waals surface area contributed by atoms with Gasteiger partial charge >= 0.3 is 0 Å². The Labute approximate surface area is 138 Å². The Morgan fingerprint density at radius 3 is 2.61 bits per heavy atom. The van der Waals surface area contributed by atoms with Crippen molar-refractivity contribution in [2.75, 3.05) is 24.6 Å². The lowest BCUT2D eigenvalue weighted by molar-refractivity contribution is -0.117. The van der Waals surface area contributed by atoms with Crippen LogP contribution in [0.25, 0.3) is 10.9 Å². The van der Waals surface area contributed by atoms with Gasteiger partial charge in [-0.1, -0.05) is 12.1 Å². The van der Waals surface area contributed by atoms with Crippen LogP contribution in [0.1, 0.15) is 21.6 Å². The highest BCUT2D eigenvalue weighted by atomic mass is 32.2. The number of aromatic nitrogens is 1. The van der Waals surface area contributed by atoms with Crippen LogP contribution in [0.15, 0.2) is 18.2 Å². The van der Waals surface area contributed by atoms with Crippen molar-refractivity contribution in [1.82, 2.24) is 9.88 Å². The topological polar surface area (TPSA) is 105 Å². The molecule has 1 saturated heterocycles. The van der Waals surface area contributed by atoms with E-state index < -0.39 is 11.8 Å². The van der Waals surface area contributed by atoms with Gasteiger partial charge in [0, 0.05) is 47.7 Å². The first kappa shape index (κ1) is 15.9. The highest BCUT2D eigenvalue weighted by molar-refractivity contribution is 7.99. The van der Waals surface area contributed by atoms with E-state index in [1.54, 1.807) is 0 Å².